The smallest absolute Gasteiger partial charge is 0.0418 e. The zero-order chi connectivity index (χ0) is 21.6. The monoisotopic (exact) mass is 445 g/mol. The maximum atomic E-state index is 6.75. The fourth-order valence-electron chi connectivity index (χ4n) is 4.59. The molecule has 0 unspecified atom stereocenters. The Morgan fingerprint density at radius 1 is 0.467 bits per heavy atom. The van der Waals surface area contributed by atoms with Gasteiger partial charge in [0.25, 0.3) is 0 Å². The Bertz CT molecular complexity index is 286. The van der Waals surface area contributed by atoms with Gasteiger partial charge in [-0.2, -0.15) is 0 Å². The minimum atomic E-state index is -0.0292. The van der Waals surface area contributed by atoms with E-state index < -0.39 is 0 Å². The molecule has 0 aromatic heterocycles. The SMILES string of the molecule is CCCCCCCCCCCCC(CCCCCCCCCCCC)C(C)(C)Cl.N. The maximum absolute atomic E-state index is 6.75. The molecule has 1 nitrogen and oxygen atoms in total. The summed E-state index contributed by atoms with van der Waals surface area (Å²) in [5.74, 6) is 0.701. The first-order valence-corrected chi connectivity index (χ1v) is 14.1. The van der Waals surface area contributed by atoms with Gasteiger partial charge in [-0.05, 0) is 32.6 Å². The van der Waals surface area contributed by atoms with Crippen molar-refractivity contribution in [2.75, 3.05) is 0 Å². The van der Waals surface area contributed by atoms with Gasteiger partial charge in [0.1, 0.15) is 0 Å². The zero-order valence-electron chi connectivity index (χ0n) is 21.7. The first-order chi connectivity index (χ1) is 14.0. The van der Waals surface area contributed by atoms with Gasteiger partial charge in [-0.3, -0.25) is 0 Å². The molecule has 0 aromatic carbocycles. The summed E-state index contributed by atoms with van der Waals surface area (Å²) in [7, 11) is 0. The molecule has 0 spiro atoms. The zero-order valence-corrected chi connectivity index (χ0v) is 22.5. The first kappa shape index (κ1) is 32.4. The second-order valence-electron chi connectivity index (χ2n) is 10.2. The van der Waals surface area contributed by atoms with Crippen LogP contribution in [-0.4, -0.2) is 4.87 Å². The lowest BCUT2D eigenvalue weighted by molar-refractivity contribution is 0.334. The minimum absolute atomic E-state index is 0. The number of unbranched alkanes of at least 4 members (excludes halogenated alkanes) is 18. The summed E-state index contributed by atoms with van der Waals surface area (Å²) in [6.07, 6.45) is 31.2. The molecule has 0 fully saturated rings. The standard InChI is InChI=1S/C28H57Cl.H3N/c1-5-7-9-11-13-15-17-19-21-23-25-27(28(3,4)29)26-24-22-20-18-16-14-12-10-8-6-2;/h27H,5-26H2,1-4H3;1H3. The van der Waals surface area contributed by atoms with Crippen molar-refractivity contribution in [3.8, 4) is 0 Å². The molecule has 0 saturated heterocycles. The van der Waals surface area contributed by atoms with Crippen LogP contribution in [-0.2, 0) is 0 Å². The van der Waals surface area contributed by atoms with E-state index in [4.69, 9.17) is 11.6 Å². The van der Waals surface area contributed by atoms with Crippen molar-refractivity contribution >= 4 is 11.6 Å². The summed E-state index contributed by atoms with van der Waals surface area (Å²) < 4.78 is 0. The summed E-state index contributed by atoms with van der Waals surface area (Å²) in [4.78, 5) is -0.0292. The molecule has 0 aliphatic heterocycles. The van der Waals surface area contributed by atoms with Gasteiger partial charge in [0.2, 0.25) is 0 Å². The number of halogens is 1. The van der Waals surface area contributed by atoms with Crippen molar-refractivity contribution in [2.24, 2.45) is 5.92 Å². The van der Waals surface area contributed by atoms with E-state index in [9.17, 15) is 0 Å². The Morgan fingerprint density at radius 3 is 0.933 bits per heavy atom. The molecular formula is C28H60ClN. The Labute approximate surface area is 197 Å². The lowest BCUT2D eigenvalue weighted by Gasteiger charge is -2.28. The summed E-state index contributed by atoms with van der Waals surface area (Å²) in [6, 6.07) is 0. The second-order valence-corrected chi connectivity index (χ2v) is 11.2. The van der Waals surface area contributed by atoms with Crippen molar-refractivity contribution in [3.05, 3.63) is 0 Å². The predicted octanol–water partition coefficient (Wildman–Crippen LogP) is 11.4. The van der Waals surface area contributed by atoms with Crippen LogP contribution in [0.1, 0.15) is 169 Å². The normalized spacial score (nSPS) is 11.8. The molecule has 0 aliphatic rings. The molecular weight excluding hydrogens is 386 g/mol. The highest BCUT2D eigenvalue weighted by Gasteiger charge is 2.25. The Kier molecular flexibility index (Phi) is 25.8. The molecule has 184 valence electrons. The van der Waals surface area contributed by atoms with Crippen LogP contribution in [0.5, 0.6) is 0 Å². The minimum Gasteiger partial charge on any atom is -0.344 e. The fraction of sp³-hybridized carbons (Fsp3) is 1.00. The quantitative estimate of drug-likeness (QED) is 0.123. The van der Waals surface area contributed by atoms with Gasteiger partial charge in [-0.25, -0.2) is 0 Å². The lowest BCUT2D eigenvalue weighted by atomic mass is 9.85. The molecule has 0 bridgehead atoms. The van der Waals surface area contributed by atoms with E-state index in [1.807, 2.05) is 0 Å². The highest BCUT2D eigenvalue weighted by Crippen LogP contribution is 2.33. The van der Waals surface area contributed by atoms with Crippen molar-refractivity contribution in [1.29, 1.82) is 0 Å². The highest BCUT2D eigenvalue weighted by molar-refractivity contribution is 6.23. The van der Waals surface area contributed by atoms with Crippen LogP contribution >= 0.6 is 11.6 Å². The molecule has 0 saturated carbocycles. The molecule has 0 heterocycles. The molecule has 0 rings (SSSR count). The topological polar surface area (TPSA) is 35.0 Å². The molecule has 0 aliphatic carbocycles. The number of alkyl halides is 1. The Morgan fingerprint density at radius 2 is 0.700 bits per heavy atom. The summed E-state index contributed by atoms with van der Waals surface area (Å²) in [6.45, 7) is 9.08. The highest BCUT2D eigenvalue weighted by atomic mass is 35.5. The van der Waals surface area contributed by atoms with Gasteiger partial charge in [-0.1, -0.05) is 142 Å². The van der Waals surface area contributed by atoms with E-state index in [0.717, 1.165) is 0 Å². The molecule has 3 N–H and O–H groups in total. The van der Waals surface area contributed by atoms with Crippen molar-refractivity contribution in [1.82, 2.24) is 6.15 Å². The molecule has 30 heavy (non-hydrogen) atoms. The van der Waals surface area contributed by atoms with Crippen LogP contribution in [0.4, 0.5) is 0 Å². The Hall–Kier alpha value is 0.250. The van der Waals surface area contributed by atoms with Gasteiger partial charge in [0.15, 0.2) is 0 Å². The summed E-state index contributed by atoms with van der Waals surface area (Å²) in [5, 5.41) is 0. The second kappa shape index (κ2) is 23.9. The molecule has 0 aromatic rings. The maximum Gasteiger partial charge on any atom is 0.0418 e. The number of rotatable bonds is 23. The van der Waals surface area contributed by atoms with Crippen LogP contribution in [0.3, 0.4) is 0 Å². The van der Waals surface area contributed by atoms with E-state index in [1.54, 1.807) is 0 Å². The summed E-state index contributed by atoms with van der Waals surface area (Å²) in [5.41, 5.74) is 0. The van der Waals surface area contributed by atoms with E-state index in [1.165, 1.54) is 141 Å². The van der Waals surface area contributed by atoms with Crippen molar-refractivity contribution < 1.29 is 0 Å². The fourth-order valence-corrected chi connectivity index (χ4v) is 4.81. The number of hydrogen-bond acceptors (Lipinski definition) is 1. The van der Waals surface area contributed by atoms with E-state index in [-0.39, 0.29) is 11.0 Å². The van der Waals surface area contributed by atoms with Crippen LogP contribution in [0.15, 0.2) is 0 Å². The van der Waals surface area contributed by atoms with Crippen LogP contribution < -0.4 is 6.15 Å². The molecule has 0 atom stereocenters. The van der Waals surface area contributed by atoms with Crippen LogP contribution in [0.2, 0.25) is 0 Å². The van der Waals surface area contributed by atoms with Gasteiger partial charge >= 0.3 is 0 Å². The van der Waals surface area contributed by atoms with Gasteiger partial charge in [-0.15, -0.1) is 11.6 Å². The summed E-state index contributed by atoms with van der Waals surface area (Å²) >= 11 is 6.75. The van der Waals surface area contributed by atoms with E-state index in [0.29, 0.717) is 5.92 Å². The van der Waals surface area contributed by atoms with Crippen LogP contribution in [0.25, 0.3) is 0 Å². The van der Waals surface area contributed by atoms with E-state index in [2.05, 4.69) is 27.7 Å². The molecule has 0 amide bonds. The van der Waals surface area contributed by atoms with Crippen molar-refractivity contribution in [3.63, 3.8) is 0 Å². The van der Waals surface area contributed by atoms with Crippen LogP contribution in [0, 0.1) is 5.92 Å². The number of hydrogen-bond donors (Lipinski definition) is 1. The third kappa shape index (κ3) is 22.9. The molecule has 0 radical (unpaired) electrons. The average Bonchev–Trinajstić information content (AvgIpc) is 2.68. The Balaban J connectivity index is 0. The van der Waals surface area contributed by atoms with Gasteiger partial charge < -0.3 is 6.15 Å². The first-order valence-electron chi connectivity index (χ1n) is 13.7. The van der Waals surface area contributed by atoms with Crippen molar-refractivity contribution in [2.45, 2.75) is 174 Å². The lowest BCUT2D eigenvalue weighted by Crippen LogP contribution is -2.24. The predicted molar refractivity (Wildman–Crippen MR) is 141 cm³/mol. The van der Waals surface area contributed by atoms with Gasteiger partial charge in [0.05, 0.1) is 0 Å². The molecule has 2 heteroatoms. The largest absolute Gasteiger partial charge is 0.344 e. The third-order valence-electron chi connectivity index (χ3n) is 6.78. The average molecular weight is 446 g/mol. The third-order valence-corrected chi connectivity index (χ3v) is 7.09. The van der Waals surface area contributed by atoms with Gasteiger partial charge in [0, 0.05) is 4.87 Å². The van der Waals surface area contributed by atoms with E-state index >= 15 is 0 Å².